The topological polar surface area (TPSA) is 72.2 Å². The SMILES string of the molecule is Cc1cc(C(F)(F)F)n2nc(C(=O)Nc3ccncc3)c(Cl)c2n1. The van der Waals surface area contributed by atoms with E-state index in [1.54, 1.807) is 0 Å². The summed E-state index contributed by atoms with van der Waals surface area (Å²) in [5.41, 5.74) is -1.13. The molecule has 1 amide bonds. The number of nitrogens with one attached hydrogen (secondary N) is 1. The smallest absolute Gasteiger partial charge is 0.320 e. The minimum atomic E-state index is -4.67. The number of hydrogen-bond donors (Lipinski definition) is 1. The van der Waals surface area contributed by atoms with E-state index in [1.807, 2.05) is 0 Å². The number of rotatable bonds is 2. The van der Waals surface area contributed by atoms with Crippen molar-refractivity contribution in [1.29, 1.82) is 0 Å². The van der Waals surface area contributed by atoms with Crippen LogP contribution in [0.25, 0.3) is 5.65 Å². The summed E-state index contributed by atoms with van der Waals surface area (Å²) in [5, 5.41) is 5.92. The molecule has 0 atom stereocenters. The molecule has 0 spiro atoms. The Morgan fingerprint density at radius 1 is 1.29 bits per heavy atom. The molecule has 124 valence electrons. The molecule has 3 heterocycles. The van der Waals surface area contributed by atoms with Gasteiger partial charge in [0.15, 0.2) is 11.3 Å². The molecule has 0 saturated carbocycles. The summed E-state index contributed by atoms with van der Waals surface area (Å²) >= 11 is 6.03. The van der Waals surface area contributed by atoms with E-state index in [2.05, 4.69) is 20.4 Å². The van der Waals surface area contributed by atoms with Crippen LogP contribution in [0.3, 0.4) is 0 Å². The van der Waals surface area contributed by atoms with E-state index in [9.17, 15) is 18.0 Å². The third kappa shape index (κ3) is 2.90. The number of alkyl halides is 3. The number of aryl methyl sites for hydroxylation is 1. The molecule has 0 unspecified atom stereocenters. The number of fused-ring (bicyclic) bond motifs is 1. The minimum absolute atomic E-state index is 0.109. The highest BCUT2D eigenvalue weighted by atomic mass is 35.5. The van der Waals surface area contributed by atoms with Crippen LogP contribution in [-0.2, 0) is 6.18 Å². The molecule has 1 N–H and O–H groups in total. The standard InChI is InChI=1S/C14H9ClF3N5O/c1-7-6-9(14(16,17)18)23-12(20-7)10(15)11(22-23)13(24)21-8-2-4-19-5-3-8/h2-6H,1H3,(H,19,21,24). The molecular formula is C14H9ClF3N5O. The fraction of sp³-hybridized carbons (Fsp3) is 0.143. The third-order valence-corrected chi connectivity index (χ3v) is 3.45. The van der Waals surface area contributed by atoms with Crippen molar-refractivity contribution in [3.63, 3.8) is 0 Å². The predicted molar refractivity (Wildman–Crippen MR) is 79.9 cm³/mol. The molecule has 24 heavy (non-hydrogen) atoms. The molecule has 3 aromatic rings. The maximum absolute atomic E-state index is 13.1. The van der Waals surface area contributed by atoms with E-state index in [1.165, 1.54) is 31.5 Å². The van der Waals surface area contributed by atoms with Crippen molar-refractivity contribution in [3.8, 4) is 0 Å². The van der Waals surface area contributed by atoms with Gasteiger partial charge in [-0.05, 0) is 25.1 Å². The van der Waals surface area contributed by atoms with E-state index in [4.69, 9.17) is 11.6 Å². The van der Waals surface area contributed by atoms with Crippen LogP contribution < -0.4 is 5.32 Å². The molecule has 0 aliphatic heterocycles. The first-order valence-electron chi connectivity index (χ1n) is 6.62. The number of nitrogens with zero attached hydrogens (tertiary/aromatic N) is 4. The maximum Gasteiger partial charge on any atom is 0.433 e. The second-order valence-electron chi connectivity index (χ2n) is 4.87. The van der Waals surface area contributed by atoms with Crippen LogP contribution in [0.1, 0.15) is 21.9 Å². The Hall–Kier alpha value is -2.68. The molecule has 0 bridgehead atoms. The highest BCUT2D eigenvalue weighted by Crippen LogP contribution is 2.32. The quantitative estimate of drug-likeness (QED) is 0.765. The molecule has 10 heteroatoms. The molecule has 6 nitrogen and oxygen atoms in total. The highest BCUT2D eigenvalue weighted by molar-refractivity contribution is 6.37. The van der Waals surface area contributed by atoms with Gasteiger partial charge in [0.2, 0.25) is 0 Å². The first kappa shape index (κ1) is 16.2. The zero-order valence-corrected chi connectivity index (χ0v) is 12.9. The number of carbonyl (C=O) groups is 1. The fourth-order valence-electron chi connectivity index (χ4n) is 2.09. The zero-order valence-electron chi connectivity index (χ0n) is 12.1. The van der Waals surface area contributed by atoms with Gasteiger partial charge in [-0.2, -0.15) is 18.3 Å². The van der Waals surface area contributed by atoms with E-state index >= 15 is 0 Å². The molecule has 0 radical (unpaired) electrons. The second-order valence-corrected chi connectivity index (χ2v) is 5.25. The van der Waals surface area contributed by atoms with Gasteiger partial charge in [-0.3, -0.25) is 9.78 Å². The lowest BCUT2D eigenvalue weighted by atomic mass is 10.3. The predicted octanol–water partition coefficient (Wildman–Crippen LogP) is 3.36. The number of halogens is 4. The number of pyridine rings is 1. The maximum atomic E-state index is 13.1. The van der Waals surface area contributed by atoms with Gasteiger partial charge in [0.05, 0.1) is 0 Å². The fourth-order valence-corrected chi connectivity index (χ4v) is 2.33. The van der Waals surface area contributed by atoms with E-state index in [0.29, 0.717) is 10.2 Å². The summed E-state index contributed by atoms with van der Waals surface area (Å²) in [6, 6.07) is 3.87. The molecule has 0 fully saturated rings. The summed E-state index contributed by atoms with van der Waals surface area (Å²) in [6.45, 7) is 1.40. The Morgan fingerprint density at radius 2 is 1.96 bits per heavy atom. The van der Waals surface area contributed by atoms with Gasteiger partial charge in [0.1, 0.15) is 10.7 Å². The number of hydrogen-bond acceptors (Lipinski definition) is 4. The lowest BCUT2D eigenvalue weighted by Gasteiger charge is -2.09. The summed E-state index contributed by atoms with van der Waals surface area (Å²) in [7, 11) is 0. The van der Waals surface area contributed by atoms with Gasteiger partial charge in [0.25, 0.3) is 5.91 Å². The van der Waals surface area contributed by atoms with Gasteiger partial charge < -0.3 is 5.32 Å². The Labute approximate surface area is 138 Å². The molecular weight excluding hydrogens is 347 g/mol. The molecule has 3 rings (SSSR count). The lowest BCUT2D eigenvalue weighted by molar-refractivity contribution is -0.142. The number of aromatic nitrogens is 4. The van der Waals surface area contributed by atoms with Gasteiger partial charge in [-0.25, -0.2) is 9.50 Å². The van der Waals surface area contributed by atoms with Crippen molar-refractivity contribution < 1.29 is 18.0 Å². The van der Waals surface area contributed by atoms with Crippen molar-refractivity contribution >= 4 is 28.8 Å². The van der Waals surface area contributed by atoms with Crippen LogP contribution in [-0.4, -0.2) is 25.5 Å². The van der Waals surface area contributed by atoms with Crippen LogP contribution in [0.15, 0.2) is 30.6 Å². The van der Waals surface area contributed by atoms with Gasteiger partial charge in [0, 0.05) is 23.8 Å². The summed E-state index contributed by atoms with van der Waals surface area (Å²) in [5.74, 6) is -0.748. The lowest BCUT2D eigenvalue weighted by Crippen LogP contribution is -2.15. The number of carbonyl (C=O) groups excluding carboxylic acids is 1. The Morgan fingerprint density at radius 3 is 2.58 bits per heavy atom. The van der Waals surface area contributed by atoms with Crippen LogP contribution in [0.2, 0.25) is 5.02 Å². The molecule has 0 aliphatic carbocycles. The van der Waals surface area contributed by atoms with Crippen molar-refractivity contribution in [1.82, 2.24) is 19.6 Å². The Balaban J connectivity index is 2.10. The van der Waals surface area contributed by atoms with Crippen LogP contribution in [0.5, 0.6) is 0 Å². The van der Waals surface area contributed by atoms with E-state index < -0.39 is 17.8 Å². The average molecular weight is 356 g/mol. The minimum Gasteiger partial charge on any atom is -0.320 e. The first-order chi connectivity index (χ1) is 11.3. The van der Waals surface area contributed by atoms with Gasteiger partial charge in [-0.15, -0.1) is 0 Å². The molecule has 0 aliphatic rings. The van der Waals surface area contributed by atoms with Crippen LogP contribution >= 0.6 is 11.6 Å². The van der Waals surface area contributed by atoms with Crippen molar-refractivity contribution in [2.24, 2.45) is 0 Å². The van der Waals surface area contributed by atoms with Gasteiger partial charge in [-0.1, -0.05) is 11.6 Å². The molecule has 3 aromatic heterocycles. The summed E-state index contributed by atoms with van der Waals surface area (Å²) < 4.78 is 40.0. The molecule has 0 saturated heterocycles. The van der Waals surface area contributed by atoms with E-state index in [-0.39, 0.29) is 22.1 Å². The van der Waals surface area contributed by atoms with Crippen LogP contribution in [0.4, 0.5) is 18.9 Å². The zero-order chi connectivity index (χ0) is 17.5. The average Bonchev–Trinajstić information content (AvgIpc) is 2.84. The third-order valence-electron chi connectivity index (χ3n) is 3.10. The van der Waals surface area contributed by atoms with Crippen molar-refractivity contribution in [2.75, 3.05) is 5.32 Å². The summed E-state index contributed by atoms with van der Waals surface area (Å²) in [6.07, 6.45) is -1.76. The Bertz CT molecular complexity index is 924. The second kappa shape index (κ2) is 5.75. The number of amides is 1. The van der Waals surface area contributed by atoms with Crippen molar-refractivity contribution in [2.45, 2.75) is 13.1 Å². The summed E-state index contributed by atoms with van der Waals surface area (Å²) in [4.78, 5) is 20.0. The van der Waals surface area contributed by atoms with Crippen LogP contribution in [0, 0.1) is 6.92 Å². The number of anilines is 1. The van der Waals surface area contributed by atoms with Gasteiger partial charge >= 0.3 is 6.18 Å². The van der Waals surface area contributed by atoms with E-state index in [0.717, 1.165) is 6.07 Å². The molecule has 0 aromatic carbocycles. The highest BCUT2D eigenvalue weighted by Gasteiger charge is 2.36. The largest absolute Gasteiger partial charge is 0.433 e. The Kier molecular flexibility index (Phi) is 3.88. The normalized spacial score (nSPS) is 11.7. The van der Waals surface area contributed by atoms with Crippen molar-refractivity contribution in [3.05, 3.63) is 52.7 Å². The first-order valence-corrected chi connectivity index (χ1v) is 6.99. The monoisotopic (exact) mass is 355 g/mol.